The van der Waals surface area contributed by atoms with Crippen molar-refractivity contribution in [3.8, 4) is 5.69 Å². The minimum Gasteiger partial charge on any atom is -0.383 e. The van der Waals surface area contributed by atoms with E-state index in [-0.39, 0.29) is 17.5 Å². The Bertz CT molecular complexity index is 1140. The highest BCUT2D eigenvalue weighted by Gasteiger charge is 2.28. The largest absolute Gasteiger partial charge is 0.383 e. The number of aromatic nitrogens is 2. The molecular formula is C28H37N3O3. The molecule has 34 heavy (non-hydrogen) atoms. The van der Waals surface area contributed by atoms with E-state index in [4.69, 9.17) is 9.72 Å². The fraction of sp³-hybridized carbons (Fsp3) is 0.464. The van der Waals surface area contributed by atoms with Crippen LogP contribution in [0.2, 0.25) is 0 Å². The molecule has 0 aliphatic carbocycles. The van der Waals surface area contributed by atoms with Crippen LogP contribution in [0.5, 0.6) is 0 Å². The minimum absolute atomic E-state index is 0.0765. The first-order valence-corrected chi connectivity index (χ1v) is 12.4. The van der Waals surface area contributed by atoms with Crippen LogP contribution in [0, 0.1) is 0 Å². The number of hydrogen-bond donors (Lipinski definition) is 0. The number of carbonyl (C=O) groups excluding carboxylic acids is 1. The van der Waals surface area contributed by atoms with E-state index >= 15 is 0 Å². The van der Waals surface area contributed by atoms with Crippen LogP contribution in [0.4, 0.5) is 0 Å². The Kier molecular flexibility index (Phi) is 9.40. The standard InChI is InChI=1S/C28H37N3O3/c1-5-8-9-14-26(32)30(19-20-34-4)25(7-3)27-29-24-13-11-10-12-23(24)28(33)31(27)22-17-15-21(6-2)16-18-22/h10-13,15-18,25H,5-9,14,19-20H2,1-4H3. The predicted molar refractivity (Wildman–Crippen MR) is 137 cm³/mol. The van der Waals surface area contributed by atoms with E-state index in [9.17, 15) is 9.59 Å². The van der Waals surface area contributed by atoms with Crippen molar-refractivity contribution in [2.75, 3.05) is 20.3 Å². The van der Waals surface area contributed by atoms with Crippen LogP contribution >= 0.6 is 0 Å². The number of unbranched alkanes of at least 4 members (excludes halogenated alkanes) is 2. The summed E-state index contributed by atoms with van der Waals surface area (Å²) in [5.41, 5.74) is 2.49. The van der Waals surface area contributed by atoms with Crippen molar-refractivity contribution < 1.29 is 9.53 Å². The van der Waals surface area contributed by atoms with E-state index in [1.165, 1.54) is 5.56 Å². The maximum atomic E-state index is 13.7. The summed E-state index contributed by atoms with van der Waals surface area (Å²) in [6.45, 7) is 7.16. The molecule has 1 aromatic heterocycles. The second-order valence-corrected chi connectivity index (χ2v) is 8.61. The van der Waals surface area contributed by atoms with Crippen molar-refractivity contribution >= 4 is 16.8 Å². The van der Waals surface area contributed by atoms with Gasteiger partial charge in [-0.15, -0.1) is 0 Å². The first kappa shape index (κ1) is 25.6. The zero-order chi connectivity index (χ0) is 24.5. The maximum absolute atomic E-state index is 13.7. The monoisotopic (exact) mass is 463 g/mol. The van der Waals surface area contributed by atoms with Crippen LogP contribution in [0.3, 0.4) is 0 Å². The van der Waals surface area contributed by atoms with Crippen molar-refractivity contribution in [2.24, 2.45) is 0 Å². The average Bonchev–Trinajstić information content (AvgIpc) is 2.87. The molecule has 182 valence electrons. The number of aryl methyl sites for hydroxylation is 1. The summed E-state index contributed by atoms with van der Waals surface area (Å²) in [7, 11) is 1.64. The number of benzene rings is 2. The average molecular weight is 464 g/mol. The fourth-order valence-corrected chi connectivity index (χ4v) is 4.36. The normalized spacial score (nSPS) is 12.1. The maximum Gasteiger partial charge on any atom is 0.266 e. The Balaban J connectivity index is 2.18. The molecule has 3 aromatic rings. The van der Waals surface area contributed by atoms with E-state index in [0.717, 1.165) is 31.4 Å². The third-order valence-corrected chi connectivity index (χ3v) is 6.32. The third-order valence-electron chi connectivity index (χ3n) is 6.32. The Labute approximate surface area is 202 Å². The first-order chi connectivity index (χ1) is 16.5. The molecule has 1 amide bonds. The summed E-state index contributed by atoms with van der Waals surface area (Å²) in [5.74, 6) is 0.669. The number of rotatable bonds is 12. The zero-order valence-corrected chi connectivity index (χ0v) is 20.9. The Morgan fingerprint density at radius 2 is 1.79 bits per heavy atom. The van der Waals surface area contributed by atoms with Crippen LogP contribution < -0.4 is 5.56 Å². The Morgan fingerprint density at radius 3 is 2.44 bits per heavy atom. The quantitative estimate of drug-likeness (QED) is 0.335. The van der Waals surface area contributed by atoms with Gasteiger partial charge in [0.1, 0.15) is 5.82 Å². The number of fused-ring (bicyclic) bond motifs is 1. The summed E-state index contributed by atoms with van der Waals surface area (Å²) >= 11 is 0. The molecule has 1 unspecified atom stereocenters. The van der Waals surface area contributed by atoms with Crippen LogP contribution in [0.15, 0.2) is 53.3 Å². The van der Waals surface area contributed by atoms with E-state index < -0.39 is 0 Å². The number of para-hydroxylation sites is 1. The lowest BCUT2D eigenvalue weighted by molar-refractivity contribution is -0.135. The second-order valence-electron chi connectivity index (χ2n) is 8.61. The van der Waals surface area contributed by atoms with Gasteiger partial charge in [-0.05, 0) is 49.1 Å². The molecule has 0 aliphatic rings. The first-order valence-electron chi connectivity index (χ1n) is 12.4. The van der Waals surface area contributed by atoms with Crippen LogP contribution in [-0.4, -0.2) is 40.6 Å². The molecule has 0 fully saturated rings. The number of amides is 1. The lowest BCUT2D eigenvalue weighted by atomic mass is 10.1. The van der Waals surface area contributed by atoms with Gasteiger partial charge in [-0.3, -0.25) is 14.2 Å². The highest BCUT2D eigenvalue weighted by Crippen LogP contribution is 2.27. The molecule has 0 N–H and O–H groups in total. The van der Waals surface area contributed by atoms with Crippen molar-refractivity contribution in [3.05, 3.63) is 70.3 Å². The molecule has 1 atom stereocenters. The van der Waals surface area contributed by atoms with E-state index in [1.807, 2.05) is 60.4 Å². The van der Waals surface area contributed by atoms with Crippen LogP contribution in [-0.2, 0) is 16.0 Å². The summed E-state index contributed by atoms with van der Waals surface area (Å²) in [4.78, 5) is 33.9. The van der Waals surface area contributed by atoms with Crippen LogP contribution in [0.1, 0.15) is 70.3 Å². The molecule has 0 spiro atoms. The van der Waals surface area contributed by atoms with Gasteiger partial charge in [-0.2, -0.15) is 0 Å². The van der Waals surface area contributed by atoms with Gasteiger partial charge >= 0.3 is 0 Å². The van der Waals surface area contributed by atoms with Gasteiger partial charge in [0.2, 0.25) is 5.91 Å². The topological polar surface area (TPSA) is 64.4 Å². The van der Waals surface area contributed by atoms with Gasteiger partial charge in [0.25, 0.3) is 5.56 Å². The Hall–Kier alpha value is -2.99. The summed E-state index contributed by atoms with van der Waals surface area (Å²) < 4.78 is 7.02. The lowest BCUT2D eigenvalue weighted by Crippen LogP contribution is -2.40. The molecule has 6 heteroatoms. The summed E-state index contributed by atoms with van der Waals surface area (Å²) in [6, 6.07) is 15.1. The molecule has 0 saturated carbocycles. The number of nitrogens with zero attached hydrogens (tertiary/aromatic N) is 3. The van der Waals surface area contributed by atoms with E-state index in [1.54, 1.807) is 11.7 Å². The van der Waals surface area contributed by atoms with Gasteiger partial charge in [0.15, 0.2) is 0 Å². The molecule has 3 rings (SSSR count). The van der Waals surface area contributed by atoms with Crippen molar-refractivity contribution in [3.63, 3.8) is 0 Å². The second kappa shape index (κ2) is 12.5. The summed E-state index contributed by atoms with van der Waals surface area (Å²) in [6.07, 6.45) is 4.97. The van der Waals surface area contributed by atoms with Gasteiger partial charge < -0.3 is 9.64 Å². The highest BCUT2D eigenvalue weighted by molar-refractivity contribution is 5.79. The highest BCUT2D eigenvalue weighted by atomic mass is 16.5. The molecule has 0 bridgehead atoms. The smallest absolute Gasteiger partial charge is 0.266 e. The fourth-order valence-electron chi connectivity index (χ4n) is 4.36. The molecule has 0 saturated heterocycles. The van der Waals surface area contributed by atoms with Gasteiger partial charge in [0, 0.05) is 20.1 Å². The number of carbonyl (C=O) groups is 1. The SMILES string of the molecule is CCCCCC(=O)N(CCOC)C(CC)c1nc2ccccc2c(=O)n1-c1ccc(CC)cc1. The number of methoxy groups -OCH3 is 1. The molecular weight excluding hydrogens is 426 g/mol. The van der Waals surface area contributed by atoms with Gasteiger partial charge in [-0.1, -0.05) is 57.9 Å². The van der Waals surface area contributed by atoms with Crippen molar-refractivity contribution in [1.82, 2.24) is 14.5 Å². The minimum atomic E-state index is -0.340. The molecule has 1 heterocycles. The molecule has 2 aromatic carbocycles. The number of ether oxygens (including phenoxy) is 1. The van der Waals surface area contributed by atoms with Gasteiger partial charge in [-0.25, -0.2) is 4.98 Å². The Morgan fingerprint density at radius 1 is 1.06 bits per heavy atom. The molecule has 0 aliphatic heterocycles. The van der Waals surface area contributed by atoms with Crippen LogP contribution in [0.25, 0.3) is 16.6 Å². The van der Waals surface area contributed by atoms with Crippen molar-refractivity contribution in [2.45, 2.75) is 65.3 Å². The van der Waals surface area contributed by atoms with Gasteiger partial charge in [0.05, 0.1) is 29.2 Å². The molecule has 0 radical (unpaired) electrons. The molecule has 6 nitrogen and oxygen atoms in total. The zero-order valence-electron chi connectivity index (χ0n) is 20.9. The van der Waals surface area contributed by atoms with E-state index in [2.05, 4.69) is 13.8 Å². The van der Waals surface area contributed by atoms with E-state index in [0.29, 0.717) is 42.7 Å². The lowest BCUT2D eigenvalue weighted by Gasteiger charge is -2.32. The van der Waals surface area contributed by atoms with Crippen molar-refractivity contribution in [1.29, 1.82) is 0 Å². The third kappa shape index (κ3) is 5.73. The predicted octanol–water partition coefficient (Wildman–Crippen LogP) is 5.45. The number of hydrogen-bond acceptors (Lipinski definition) is 4. The summed E-state index contributed by atoms with van der Waals surface area (Å²) in [5, 5.41) is 0.568.